The lowest BCUT2D eigenvalue weighted by molar-refractivity contribution is -0.192. The Hall–Kier alpha value is -3.35. The fourth-order valence-corrected chi connectivity index (χ4v) is 5.03. The number of carboxylic acid groups (broad SMARTS) is 1. The summed E-state index contributed by atoms with van der Waals surface area (Å²) in [6.45, 7) is 12.4. The van der Waals surface area contributed by atoms with Crippen LogP contribution in [-0.2, 0) is 11.3 Å². The van der Waals surface area contributed by atoms with Crippen molar-refractivity contribution < 1.29 is 27.9 Å². The molecule has 2 fully saturated rings. The third-order valence-electron chi connectivity index (χ3n) is 7.36. The summed E-state index contributed by atoms with van der Waals surface area (Å²) in [6.07, 6.45) is -1.32. The third-order valence-corrected chi connectivity index (χ3v) is 7.63. The molecule has 3 heterocycles. The SMILES string of the molecule is CC(C)CNN(C(=O)c1ccc(CN2CCC(N3CCN(C)CC3)CC2)cc1)c1nc(C#N)ncc1Cl.O=C(O)C(F)(F)F. The number of alkyl halides is 3. The number of hydrazine groups is 1. The van der Waals surface area contributed by atoms with Gasteiger partial charge in [0, 0.05) is 50.9 Å². The van der Waals surface area contributed by atoms with Crippen LogP contribution in [0.25, 0.3) is 0 Å². The number of amides is 1. The van der Waals surface area contributed by atoms with E-state index in [1.165, 1.54) is 55.8 Å². The van der Waals surface area contributed by atoms with E-state index in [9.17, 15) is 23.2 Å². The summed E-state index contributed by atoms with van der Waals surface area (Å²) in [4.78, 5) is 38.0. The maximum Gasteiger partial charge on any atom is 0.490 e. The van der Waals surface area contributed by atoms with Gasteiger partial charge in [0.15, 0.2) is 5.82 Å². The molecule has 0 spiro atoms. The van der Waals surface area contributed by atoms with Gasteiger partial charge in [-0.05, 0) is 56.6 Å². The summed E-state index contributed by atoms with van der Waals surface area (Å²) >= 11 is 6.32. The second kappa shape index (κ2) is 16.1. The van der Waals surface area contributed by atoms with Crippen LogP contribution in [0.4, 0.5) is 19.0 Å². The molecule has 2 N–H and O–H groups in total. The zero-order chi connectivity index (χ0) is 32.4. The van der Waals surface area contributed by atoms with Gasteiger partial charge < -0.3 is 10.0 Å². The van der Waals surface area contributed by atoms with Crippen LogP contribution in [0.1, 0.15) is 48.4 Å². The van der Waals surface area contributed by atoms with Gasteiger partial charge in [-0.1, -0.05) is 37.6 Å². The number of carbonyl (C=O) groups is 2. The van der Waals surface area contributed by atoms with Crippen molar-refractivity contribution in [3.8, 4) is 6.07 Å². The van der Waals surface area contributed by atoms with Crippen molar-refractivity contribution >= 4 is 29.3 Å². The molecule has 2 saturated heterocycles. The Morgan fingerprint density at radius 2 is 1.73 bits per heavy atom. The highest BCUT2D eigenvalue weighted by Gasteiger charge is 2.38. The lowest BCUT2D eigenvalue weighted by Gasteiger charge is -2.42. The van der Waals surface area contributed by atoms with Crippen LogP contribution in [-0.4, -0.2) is 107 Å². The van der Waals surface area contributed by atoms with Gasteiger partial charge in [0.2, 0.25) is 5.82 Å². The van der Waals surface area contributed by atoms with E-state index in [0.717, 1.165) is 19.6 Å². The van der Waals surface area contributed by atoms with Crippen LogP contribution in [0.5, 0.6) is 0 Å². The number of aromatic nitrogens is 2. The number of hydrogen-bond donors (Lipinski definition) is 2. The fourth-order valence-electron chi connectivity index (χ4n) is 4.86. The second-order valence-corrected chi connectivity index (χ2v) is 11.6. The van der Waals surface area contributed by atoms with Crippen molar-refractivity contribution in [3.63, 3.8) is 0 Å². The molecule has 11 nitrogen and oxygen atoms in total. The molecular weight excluding hydrogens is 601 g/mol. The second-order valence-electron chi connectivity index (χ2n) is 11.2. The van der Waals surface area contributed by atoms with Gasteiger partial charge in [-0.15, -0.1) is 0 Å². The van der Waals surface area contributed by atoms with Gasteiger partial charge in [-0.2, -0.15) is 23.4 Å². The van der Waals surface area contributed by atoms with E-state index in [-0.39, 0.29) is 28.5 Å². The highest BCUT2D eigenvalue weighted by Crippen LogP contribution is 2.24. The predicted molar refractivity (Wildman–Crippen MR) is 159 cm³/mol. The van der Waals surface area contributed by atoms with Crippen molar-refractivity contribution in [2.75, 3.05) is 57.9 Å². The number of piperazine rings is 1. The Labute approximate surface area is 260 Å². The number of halogens is 4. The van der Waals surface area contributed by atoms with Crippen molar-refractivity contribution in [2.45, 2.75) is 45.5 Å². The van der Waals surface area contributed by atoms with Gasteiger partial charge in [0.05, 0.1) is 6.20 Å². The summed E-state index contributed by atoms with van der Waals surface area (Å²) in [7, 11) is 2.20. The first-order valence-corrected chi connectivity index (χ1v) is 14.7. The standard InChI is InChI=1S/C27H37ClN8O.C2HF3O2/c1-20(2)17-31-36(26-24(28)18-30-25(16-29)32-26)27(37)22-6-4-21(5-7-22)19-34-10-8-23(9-11-34)35-14-12-33(3)13-15-35;3-2(4,5)1(6)7/h4-7,18,20,23,31H,8-15,17,19H2,1-3H3;(H,6,7). The number of benzene rings is 1. The van der Waals surface area contributed by atoms with Crippen LogP contribution in [0.3, 0.4) is 0 Å². The number of nitriles is 1. The number of piperidine rings is 1. The van der Waals surface area contributed by atoms with Crippen LogP contribution in [0, 0.1) is 17.2 Å². The first-order valence-electron chi connectivity index (χ1n) is 14.3. The molecule has 2 aromatic rings. The van der Waals surface area contributed by atoms with E-state index >= 15 is 0 Å². The Bertz CT molecular complexity index is 1290. The molecule has 1 amide bonds. The number of carbonyl (C=O) groups excluding carboxylic acids is 1. The van der Waals surface area contributed by atoms with Crippen LogP contribution in [0.2, 0.25) is 5.02 Å². The first kappa shape index (κ1) is 35.1. The van der Waals surface area contributed by atoms with Gasteiger partial charge in [0.1, 0.15) is 11.1 Å². The highest BCUT2D eigenvalue weighted by molar-refractivity contribution is 6.33. The van der Waals surface area contributed by atoms with Crippen LogP contribution < -0.4 is 10.4 Å². The molecule has 44 heavy (non-hydrogen) atoms. The topological polar surface area (TPSA) is 129 Å². The molecule has 4 rings (SSSR count). The van der Waals surface area contributed by atoms with Crippen molar-refractivity contribution in [1.82, 2.24) is 30.1 Å². The van der Waals surface area contributed by atoms with E-state index in [2.05, 4.69) is 37.1 Å². The molecular formula is C29H38ClF3N8O3. The third kappa shape index (κ3) is 10.4. The summed E-state index contributed by atoms with van der Waals surface area (Å²) in [5.41, 5.74) is 4.82. The number of hydrogen-bond acceptors (Lipinski definition) is 9. The van der Waals surface area contributed by atoms with Gasteiger partial charge >= 0.3 is 12.1 Å². The number of likely N-dealkylation sites (N-methyl/N-ethyl adjacent to an activating group) is 1. The number of nitrogens with one attached hydrogen (secondary N) is 1. The predicted octanol–water partition coefficient (Wildman–Crippen LogP) is 3.65. The van der Waals surface area contributed by atoms with E-state index in [1.807, 2.05) is 44.2 Å². The minimum atomic E-state index is -5.08. The van der Waals surface area contributed by atoms with Gasteiger partial charge in [0.25, 0.3) is 5.91 Å². The quantitative estimate of drug-likeness (QED) is 0.414. The maximum atomic E-state index is 13.5. The van der Waals surface area contributed by atoms with Crippen molar-refractivity contribution in [3.05, 3.63) is 52.4 Å². The monoisotopic (exact) mass is 638 g/mol. The fraction of sp³-hybridized carbons (Fsp3) is 0.552. The number of aliphatic carboxylic acids is 1. The Morgan fingerprint density at radius 3 is 2.25 bits per heavy atom. The average Bonchev–Trinajstić information content (AvgIpc) is 2.99. The van der Waals surface area contributed by atoms with Crippen LogP contribution in [0.15, 0.2) is 30.5 Å². The van der Waals surface area contributed by atoms with Gasteiger partial charge in [-0.25, -0.2) is 20.2 Å². The zero-order valence-corrected chi connectivity index (χ0v) is 25.8. The Morgan fingerprint density at radius 1 is 1.14 bits per heavy atom. The molecule has 0 atom stereocenters. The van der Waals surface area contributed by atoms with E-state index in [1.54, 1.807) is 0 Å². The first-order chi connectivity index (χ1) is 20.8. The number of anilines is 1. The smallest absolute Gasteiger partial charge is 0.475 e. The Balaban J connectivity index is 0.000000676. The number of carboxylic acids is 1. The van der Waals surface area contributed by atoms with Crippen LogP contribution >= 0.6 is 11.6 Å². The average molecular weight is 639 g/mol. The molecule has 2 aliphatic heterocycles. The lowest BCUT2D eigenvalue weighted by atomic mass is 10.0. The molecule has 15 heteroatoms. The van der Waals surface area contributed by atoms with E-state index < -0.39 is 12.1 Å². The largest absolute Gasteiger partial charge is 0.490 e. The normalized spacial score (nSPS) is 17.1. The maximum absolute atomic E-state index is 13.5. The molecule has 240 valence electrons. The Kier molecular flexibility index (Phi) is 12.9. The molecule has 0 bridgehead atoms. The number of nitrogens with zero attached hydrogens (tertiary/aromatic N) is 7. The molecule has 0 unspecified atom stereocenters. The molecule has 1 aromatic carbocycles. The van der Waals surface area contributed by atoms with E-state index in [0.29, 0.717) is 18.2 Å². The summed E-state index contributed by atoms with van der Waals surface area (Å²) in [6, 6.07) is 10.3. The number of rotatable bonds is 8. The molecule has 0 saturated carbocycles. The summed E-state index contributed by atoms with van der Waals surface area (Å²) < 4.78 is 31.7. The van der Waals surface area contributed by atoms with E-state index in [4.69, 9.17) is 21.5 Å². The summed E-state index contributed by atoms with van der Waals surface area (Å²) in [5.74, 6) is -2.63. The minimum absolute atomic E-state index is 0.0460. The van der Waals surface area contributed by atoms with Crippen molar-refractivity contribution in [2.24, 2.45) is 5.92 Å². The number of likely N-dealkylation sites (tertiary alicyclic amines) is 1. The molecule has 2 aliphatic rings. The highest BCUT2D eigenvalue weighted by atomic mass is 35.5. The zero-order valence-electron chi connectivity index (χ0n) is 25.0. The van der Waals surface area contributed by atoms with Gasteiger partial charge in [-0.3, -0.25) is 14.6 Å². The summed E-state index contributed by atoms with van der Waals surface area (Å²) in [5, 5.41) is 17.9. The molecule has 1 aromatic heterocycles. The lowest BCUT2D eigenvalue weighted by Crippen LogP contribution is -2.52. The molecule has 0 radical (unpaired) electrons. The van der Waals surface area contributed by atoms with Crippen molar-refractivity contribution in [1.29, 1.82) is 5.26 Å². The minimum Gasteiger partial charge on any atom is -0.475 e. The molecule has 0 aliphatic carbocycles.